The molecule has 0 aliphatic carbocycles. The van der Waals surface area contributed by atoms with Gasteiger partial charge in [-0.25, -0.2) is 4.99 Å². The number of aliphatic hydroxyl groups excluding tert-OH is 1. The highest BCUT2D eigenvalue weighted by Crippen LogP contribution is 2.44. The van der Waals surface area contributed by atoms with Gasteiger partial charge in [-0.3, -0.25) is 4.79 Å². The quantitative estimate of drug-likeness (QED) is 0.0562. The SMILES string of the molecule is [N-]=[N+]=Nc1ccccc1C[C@@]1(C(=O)NCc2ccc(Cl)cc2)N=C(c2ccc(OCCCO)cc2)O[C@@H]1c1ccc(-c2ccccc2)cc1. The number of rotatable bonds is 13. The number of azide groups is 1. The Morgan fingerprint density at radius 3 is 2.29 bits per heavy atom. The average Bonchev–Trinajstić information content (AvgIpc) is 3.53. The molecule has 0 aromatic heterocycles. The third-order valence-electron chi connectivity index (χ3n) is 8.32. The summed E-state index contributed by atoms with van der Waals surface area (Å²) in [6.45, 7) is 0.664. The summed E-state index contributed by atoms with van der Waals surface area (Å²) in [5.41, 5.74) is 13.3. The molecule has 0 fully saturated rings. The van der Waals surface area contributed by atoms with E-state index in [1.54, 1.807) is 36.4 Å². The molecule has 0 spiro atoms. The van der Waals surface area contributed by atoms with Gasteiger partial charge in [0, 0.05) is 47.2 Å². The lowest BCUT2D eigenvalue weighted by molar-refractivity contribution is -0.129. The lowest BCUT2D eigenvalue weighted by Crippen LogP contribution is -2.49. The van der Waals surface area contributed by atoms with Crippen LogP contribution >= 0.6 is 11.6 Å². The molecule has 0 radical (unpaired) electrons. The number of nitrogens with zero attached hydrogens (tertiary/aromatic N) is 4. The molecule has 1 aliphatic rings. The summed E-state index contributed by atoms with van der Waals surface area (Å²) in [6.07, 6.45) is -0.226. The fraction of sp³-hybridized carbons (Fsp3) is 0.179. The zero-order valence-electron chi connectivity index (χ0n) is 26.6. The van der Waals surface area contributed by atoms with Gasteiger partial charge in [0.1, 0.15) is 5.75 Å². The van der Waals surface area contributed by atoms with Crippen LogP contribution in [0.2, 0.25) is 5.02 Å². The second-order valence-corrected chi connectivity index (χ2v) is 12.0. The molecule has 2 N–H and O–H groups in total. The molecule has 10 heteroatoms. The number of aliphatic imine (C=N–C) groups is 1. The maximum absolute atomic E-state index is 14.7. The molecular formula is C39H34ClN5O4. The highest BCUT2D eigenvalue weighted by molar-refractivity contribution is 6.30. The molecule has 1 aliphatic heterocycles. The first kappa shape index (κ1) is 33.3. The van der Waals surface area contributed by atoms with Gasteiger partial charge in [0.15, 0.2) is 11.6 Å². The van der Waals surface area contributed by atoms with Crippen molar-refractivity contribution < 1.29 is 19.4 Å². The van der Waals surface area contributed by atoms with Crippen LogP contribution in [0, 0.1) is 0 Å². The average molecular weight is 672 g/mol. The third-order valence-corrected chi connectivity index (χ3v) is 8.57. The monoisotopic (exact) mass is 671 g/mol. The van der Waals surface area contributed by atoms with Gasteiger partial charge >= 0.3 is 0 Å². The number of aliphatic hydroxyl groups is 1. The number of benzene rings is 5. The number of carbonyl (C=O) groups excluding carboxylic acids is 1. The zero-order chi connectivity index (χ0) is 34.1. The number of hydrogen-bond donors (Lipinski definition) is 2. The van der Waals surface area contributed by atoms with Crippen LogP contribution in [0.25, 0.3) is 21.6 Å². The van der Waals surface area contributed by atoms with Gasteiger partial charge in [-0.1, -0.05) is 108 Å². The Bertz CT molecular complexity index is 1960. The topological polar surface area (TPSA) is 129 Å². The molecule has 1 heterocycles. The second kappa shape index (κ2) is 15.5. The van der Waals surface area contributed by atoms with Crippen molar-refractivity contribution in [3.8, 4) is 16.9 Å². The van der Waals surface area contributed by atoms with E-state index in [-0.39, 0.29) is 25.5 Å². The van der Waals surface area contributed by atoms with Crippen molar-refractivity contribution >= 4 is 29.1 Å². The van der Waals surface area contributed by atoms with Gasteiger partial charge in [0.2, 0.25) is 5.90 Å². The number of hydrogen-bond acceptors (Lipinski definition) is 6. The standard InChI is InChI=1S/C39H34ClN5O4/c40-33-19-11-27(12-20-33)26-42-38(47)39(25-32-9-4-5-10-35(32)44-45-41)36(30-15-13-29(14-16-30)28-7-2-1-3-8-28)49-37(43-39)31-17-21-34(22-18-31)48-24-6-23-46/h1-5,7-22,36,46H,6,23-26H2,(H,42,47)/t36-,39-/m1/s1. The summed E-state index contributed by atoms with van der Waals surface area (Å²) in [4.78, 5) is 22.8. The van der Waals surface area contributed by atoms with Crippen LogP contribution in [-0.2, 0) is 22.5 Å². The largest absolute Gasteiger partial charge is 0.494 e. The second-order valence-electron chi connectivity index (χ2n) is 11.6. The van der Waals surface area contributed by atoms with Gasteiger partial charge in [0.05, 0.1) is 6.61 Å². The number of amides is 1. The Morgan fingerprint density at radius 1 is 0.898 bits per heavy atom. The Hall–Kier alpha value is -5.60. The Morgan fingerprint density at radius 2 is 1.57 bits per heavy atom. The van der Waals surface area contributed by atoms with Crippen molar-refractivity contribution in [3.63, 3.8) is 0 Å². The summed E-state index contributed by atoms with van der Waals surface area (Å²) >= 11 is 6.11. The van der Waals surface area contributed by atoms with Crippen molar-refractivity contribution in [1.29, 1.82) is 0 Å². The van der Waals surface area contributed by atoms with Crippen LogP contribution in [0.3, 0.4) is 0 Å². The Kier molecular flexibility index (Phi) is 10.6. The third kappa shape index (κ3) is 7.77. The first-order valence-corrected chi connectivity index (χ1v) is 16.3. The Labute approximate surface area is 289 Å². The molecule has 9 nitrogen and oxygen atoms in total. The Balaban J connectivity index is 1.44. The van der Waals surface area contributed by atoms with Crippen LogP contribution in [0.1, 0.15) is 34.8 Å². The molecule has 1 amide bonds. The molecule has 5 aromatic rings. The number of ether oxygens (including phenoxy) is 2. The van der Waals surface area contributed by atoms with Crippen molar-refractivity contribution in [2.75, 3.05) is 13.2 Å². The van der Waals surface area contributed by atoms with Gasteiger partial charge in [-0.05, 0) is 69.7 Å². The van der Waals surface area contributed by atoms with Crippen molar-refractivity contribution in [2.24, 2.45) is 10.1 Å². The summed E-state index contributed by atoms with van der Waals surface area (Å²) in [5.74, 6) is 0.579. The van der Waals surface area contributed by atoms with Crippen molar-refractivity contribution in [1.82, 2.24) is 5.32 Å². The van der Waals surface area contributed by atoms with Crippen LogP contribution in [0.5, 0.6) is 5.75 Å². The zero-order valence-corrected chi connectivity index (χ0v) is 27.3. The summed E-state index contributed by atoms with van der Waals surface area (Å²) < 4.78 is 12.4. The lowest BCUT2D eigenvalue weighted by Gasteiger charge is -2.31. The van der Waals surface area contributed by atoms with Crippen molar-refractivity contribution in [2.45, 2.75) is 31.0 Å². The molecule has 246 valence electrons. The minimum Gasteiger partial charge on any atom is -0.494 e. The molecular weight excluding hydrogens is 638 g/mol. The molecule has 0 saturated carbocycles. The van der Waals surface area contributed by atoms with Crippen LogP contribution < -0.4 is 10.1 Å². The van der Waals surface area contributed by atoms with Gasteiger partial charge in [-0.2, -0.15) is 0 Å². The summed E-state index contributed by atoms with van der Waals surface area (Å²) in [7, 11) is 0. The molecule has 2 atom stereocenters. The molecule has 0 saturated heterocycles. The van der Waals surface area contributed by atoms with Crippen LogP contribution in [0.15, 0.2) is 138 Å². The number of carbonyl (C=O) groups is 1. The fourth-order valence-corrected chi connectivity index (χ4v) is 5.92. The fourth-order valence-electron chi connectivity index (χ4n) is 5.80. The molecule has 49 heavy (non-hydrogen) atoms. The maximum atomic E-state index is 14.7. The first-order valence-electron chi connectivity index (χ1n) is 15.9. The van der Waals surface area contributed by atoms with Gasteiger partial charge in [0.25, 0.3) is 5.91 Å². The van der Waals surface area contributed by atoms with E-state index in [1.165, 1.54) is 0 Å². The van der Waals surface area contributed by atoms with E-state index in [0.29, 0.717) is 46.5 Å². The molecule has 0 bridgehead atoms. The van der Waals surface area contributed by atoms with E-state index in [0.717, 1.165) is 22.3 Å². The van der Waals surface area contributed by atoms with E-state index in [4.69, 9.17) is 31.2 Å². The summed E-state index contributed by atoms with van der Waals surface area (Å²) in [6, 6.07) is 39.7. The van der Waals surface area contributed by atoms with E-state index in [9.17, 15) is 10.3 Å². The highest BCUT2D eigenvalue weighted by Gasteiger charge is 2.53. The van der Waals surface area contributed by atoms with E-state index < -0.39 is 11.6 Å². The van der Waals surface area contributed by atoms with E-state index >= 15 is 0 Å². The maximum Gasteiger partial charge on any atom is 0.252 e. The minimum absolute atomic E-state index is 0.0431. The first-order chi connectivity index (χ1) is 24.0. The smallest absolute Gasteiger partial charge is 0.252 e. The highest BCUT2D eigenvalue weighted by atomic mass is 35.5. The van der Waals surface area contributed by atoms with Gasteiger partial charge in [-0.15, -0.1) is 0 Å². The van der Waals surface area contributed by atoms with Gasteiger partial charge < -0.3 is 19.9 Å². The molecule has 5 aromatic carbocycles. The normalized spacial score (nSPS) is 16.6. The van der Waals surface area contributed by atoms with Crippen LogP contribution in [-0.4, -0.2) is 35.7 Å². The van der Waals surface area contributed by atoms with Crippen LogP contribution in [0.4, 0.5) is 5.69 Å². The molecule has 0 unspecified atom stereocenters. The minimum atomic E-state index is -1.49. The predicted molar refractivity (Wildman–Crippen MR) is 191 cm³/mol. The predicted octanol–water partition coefficient (Wildman–Crippen LogP) is 8.53. The van der Waals surface area contributed by atoms with E-state index in [1.807, 2.05) is 91.0 Å². The number of halogens is 1. The van der Waals surface area contributed by atoms with Crippen molar-refractivity contribution in [3.05, 3.63) is 165 Å². The number of nitrogens with one attached hydrogen (secondary N) is 1. The van der Waals surface area contributed by atoms with E-state index in [2.05, 4.69) is 15.3 Å². The lowest BCUT2D eigenvalue weighted by atomic mass is 9.81. The molecule has 6 rings (SSSR count). The summed E-state index contributed by atoms with van der Waals surface area (Å²) in [5, 5.41) is 16.7.